The molecule has 5 nitrogen and oxygen atoms in total. The zero-order valence-electron chi connectivity index (χ0n) is 10.7. The van der Waals surface area contributed by atoms with Gasteiger partial charge in [-0.3, -0.25) is 4.79 Å². The van der Waals surface area contributed by atoms with E-state index in [0.717, 1.165) is 42.9 Å². The number of carbonyl (C=O) groups is 1. The summed E-state index contributed by atoms with van der Waals surface area (Å²) >= 11 is 1.15. The third-order valence-corrected chi connectivity index (χ3v) is 4.04. The normalized spacial score (nSPS) is 24.2. The van der Waals surface area contributed by atoms with Crippen LogP contribution in [0.2, 0.25) is 0 Å². The van der Waals surface area contributed by atoms with Crippen molar-refractivity contribution in [3.8, 4) is 0 Å². The van der Waals surface area contributed by atoms with E-state index in [0.29, 0.717) is 4.88 Å². The fourth-order valence-corrected chi connectivity index (χ4v) is 2.93. The van der Waals surface area contributed by atoms with E-state index < -0.39 is 0 Å². The predicted octanol–water partition coefficient (Wildman–Crippen LogP) is 1.69. The summed E-state index contributed by atoms with van der Waals surface area (Å²) in [5.41, 5.74) is 0.772. The maximum Gasteiger partial charge on any atom is 0.265 e. The van der Waals surface area contributed by atoms with Crippen LogP contribution in [0.3, 0.4) is 0 Å². The van der Waals surface area contributed by atoms with Crippen LogP contribution < -0.4 is 5.32 Å². The number of rotatable bonds is 3. The van der Waals surface area contributed by atoms with Crippen molar-refractivity contribution < 1.29 is 9.90 Å². The molecule has 1 saturated carbocycles. The summed E-state index contributed by atoms with van der Waals surface area (Å²) in [6, 6.07) is 0.169. The van der Waals surface area contributed by atoms with E-state index in [9.17, 15) is 9.90 Å². The highest BCUT2D eigenvalue weighted by Gasteiger charge is 2.24. The second-order valence-electron chi connectivity index (χ2n) is 5.12. The van der Waals surface area contributed by atoms with Crippen molar-refractivity contribution in [1.82, 2.24) is 14.9 Å². The lowest BCUT2D eigenvalue weighted by Gasteiger charge is -2.26. The van der Waals surface area contributed by atoms with E-state index in [1.165, 1.54) is 0 Å². The van der Waals surface area contributed by atoms with Crippen molar-refractivity contribution in [2.75, 3.05) is 0 Å². The third-order valence-electron chi connectivity index (χ3n) is 3.30. The van der Waals surface area contributed by atoms with Gasteiger partial charge < -0.3 is 10.4 Å². The van der Waals surface area contributed by atoms with Crippen LogP contribution in [0.4, 0.5) is 0 Å². The Bertz CT molecular complexity index is 411. The van der Waals surface area contributed by atoms with Crippen molar-refractivity contribution in [2.24, 2.45) is 0 Å². The van der Waals surface area contributed by atoms with Gasteiger partial charge in [0.25, 0.3) is 5.91 Å². The van der Waals surface area contributed by atoms with Gasteiger partial charge >= 0.3 is 0 Å². The van der Waals surface area contributed by atoms with Gasteiger partial charge in [0.15, 0.2) is 0 Å². The van der Waals surface area contributed by atoms with Crippen molar-refractivity contribution in [2.45, 2.75) is 57.6 Å². The molecule has 0 spiro atoms. The number of aromatic nitrogens is 2. The number of nitrogens with zero attached hydrogens (tertiary/aromatic N) is 2. The molecular formula is C12H19N3O2S. The van der Waals surface area contributed by atoms with E-state index in [2.05, 4.69) is 14.9 Å². The minimum absolute atomic E-state index is 0.0740. The molecule has 0 aliphatic heterocycles. The Kier molecular flexibility index (Phi) is 4.29. The first-order chi connectivity index (χ1) is 8.58. The molecule has 1 fully saturated rings. The standard InChI is InChI=1S/C12H19N3O2S/c1-7(2)10-11(18-15-14-10)12(17)13-8-3-5-9(16)6-4-8/h7-9,16H,3-6H2,1-2H3,(H,13,17). The molecular weight excluding hydrogens is 250 g/mol. The second kappa shape index (κ2) is 5.75. The van der Waals surface area contributed by atoms with Crippen LogP contribution in [0.15, 0.2) is 0 Å². The summed E-state index contributed by atoms with van der Waals surface area (Å²) in [4.78, 5) is 12.8. The molecule has 1 aromatic rings. The summed E-state index contributed by atoms with van der Waals surface area (Å²) in [6.45, 7) is 4.01. The average molecular weight is 269 g/mol. The molecule has 0 bridgehead atoms. The molecule has 0 aromatic carbocycles. The first-order valence-electron chi connectivity index (χ1n) is 6.39. The number of hydrogen-bond donors (Lipinski definition) is 2. The number of aliphatic hydroxyl groups is 1. The van der Waals surface area contributed by atoms with E-state index >= 15 is 0 Å². The molecule has 1 aliphatic rings. The van der Waals surface area contributed by atoms with Gasteiger partial charge in [-0.25, -0.2) is 0 Å². The van der Waals surface area contributed by atoms with Crippen molar-refractivity contribution in [3.63, 3.8) is 0 Å². The Balaban J connectivity index is 1.97. The van der Waals surface area contributed by atoms with Crippen LogP contribution in [0.25, 0.3) is 0 Å². The molecule has 2 N–H and O–H groups in total. The van der Waals surface area contributed by atoms with E-state index in [4.69, 9.17) is 0 Å². The molecule has 1 heterocycles. The Morgan fingerprint density at radius 2 is 2.06 bits per heavy atom. The molecule has 2 rings (SSSR count). The molecule has 1 aromatic heterocycles. The first kappa shape index (κ1) is 13.4. The number of hydrogen-bond acceptors (Lipinski definition) is 5. The van der Waals surface area contributed by atoms with Crippen LogP contribution in [-0.2, 0) is 0 Å². The number of carbonyl (C=O) groups excluding carboxylic acids is 1. The summed E-state index contributed by atoms with van der Waals surface area (Å²) in [6.07, 6.45) is 3.02. The van der Waals surface area contributed by atoms with Gasteiger partial charge in [0.05, 0.1) is 11.8 Å². The quantitative estimate of drug-likeness (QED) is 0.875. The Labute approximate surface area is 111 Å². The van der Waals surface area contributed by atoms with Gasteiger partial charge in [0.1, 0.15) is 4.88 Å². The summed E-state index contributed by atoms with van der Waals surface area (Å²) in [5.74, 6) is 0.132. The van der Waals surface area contributed by atoms with Gasteiger partial charge in [0, 0.05) is 6.04 Å². The van der Waals surface area contributed by atoms with E-state index in [1.54, 1.807) is 0 Å². The summed E-state index contributed by atoms with van der Waals surface area (Å²) in [5, 5.41) is 16.5. The Hall–Kier alpha value is -1.01. The maximum atomic E-state index is 12.1. The zero-order chi connectivity index (χ0) is 13.1. The van der Waals surface area contributed by atoms with Crippen LogP contribution in [-0.4, -0.2) is 32.7 Å². The lowest BCUT2D eigenvalue weighted by Crippen LogP contribution is -2.38. The number of aliphatic hydroxyl groups excluding tert-OH is 1. The molecule has 6 heteroatoms. The SMILES string of the molecule is CC(C)c1nnsc1C(=O)NC1CCC(O)CC1. The smallest absolute Gasteiger partial charge is 0.265 e. The van der Waals surface area contributed by atoms with Gasteiger partial charge in [-0.15, -0.1) is 5.10 Å². The van der Waals surface area contributed by atoms with Crippen LogP contribution >= 0.6 is 11.5 Å². The van der Waals surface area contributed by atoms with Crippen LogP contribution in [0.1, 0.15) is 60.8 Å². The monoisotopic (exact) mass is 269 g/mol. The summed E-state index contributed by atoms with van der Waals surface area (Å²) < 4.78 is 3.86. The highest BCUT2D eigenvalue weighted by atomic mass is 32.1. The minimum Gasteiger partial charge on any atom is -0.393 e. The van der Waals surface area contributed by atoms with Crippen molar-refractivity contribution in [1.29, 1.82) is 0 Å². The van der Waals surface area contributed by atoms with Gasteiger partial charge in [-0.1, -0.05) is 18.3 Å². The number of amides is 1. The molecule has 0 atom stereocenters. The predicted molar refractivity (Wildman–Crippen MR) is 69.7 cm³/mol. The third kappa shape index (κ3) is 3.05. The molecule has 0 unspecified atom stereocenters. The molecule has 1 aliphatic carbocycles. The van der Waals surface area contributed by atoms with Gasteiger partial charge in [0.2, 0.25) is 0 Å². The maximum absolute atomic E-state index is 12.1. The van der Waals surface area contributed by atoms with E-state index in [-0.39, 0.29) is 24.0 Å². The molecule has 1 amide bonds. The first-order valence-corrected chi connectivity index (χ1v) is 7.16. The highest BCUT2D eigenvalue weighted by Crippen LogP contribution is 2.22. The molecule has 18 heavy (non-hydrogen) atoms. The number of nitrogens with one attached hydrogen (secondary N) is 1. The molecule has 0 saturated heterocycles. The Morgan fingerprint density at radius 3 is 2.67 bits per heavy atom. The minimum atomic E-state index is -0.200. The fraction of sp³-hybridized carbons (Fsp3) is 0.750. The van der Waals surface area contributed by atoms with E-state index in [1.807, 2.05) is 13.8 Å². The molecule has 0 radical (unpaired) electrons. The summed E-state index contributed by atoms with van der Waals surface area (Å²) in [7, 11) is 0. The highest BCUT2D eigenvalue weighted by molar-refractivity contribution is 7.08. The van der Waals surface area contributed by atoms with Crippen LogP contribution in [0.5, 0.6) is 0 Å². The Morgan fingerprint density at radius 1 is 1.39 bits per heavy atom. The van der Waals surface area contributed by atoms with Gasteiger partial charge in [-0.05, 0) is 43.1 Å². The lowest BCUT2D eigenvalue weighted by molar-refractivity contribution is 0.0870. The largest absolute Gasteiger partial charge is 0.393 e. The molecule has 100 valence electrons. The topological polar surface area (TPSA) is 75.1 Å². The second-order valence-corrected chi connectivity index (χ2v) is 5.88. The van der Waals surface area contributed by atoms with Gasteiger partial charge in [-0.2, -0.15) is 0 Å². The average Bonchev–Trinajstić information content (AvgIpc) is 2.81. The zero-order valence-corrected chi connectivity index (χ0v) is 11.5. The fourth-order valence-electron chi connectivity index (χ4n) is 2.20. The van der Waals surface area contributed by atoms with Crippen molar-refractivity contribution in [3.05, 3.63) is 10.6 Å². The van der Waals surface area contributed by atoms with Crippen molar-refractivity contribution >= 4 is 17.4 Å². The van der Waals surface area contributed by atoms with Crippen LogP contribution in [0, 0.1) is 0 Å². The lowest BCUT2D eigenvalue weighted by atomic mass is 9.93.